The summed E-state index contributed by atoms with van der Waals surface area (Å²) in [5.74, 6) is -0.516. The second-order valence-electron chi connectivity index (χ2n) is 8.29. The van der Waals surface area contributed by atoms with Gasteiger partial charge in [-0.3, -0.25) is 14.3 Å². The molecule has 3 atom stereocenters. The molecule has 164 valence electrons. The van der Waals surface area contributed by atoms with Crippen molar-refractivity contribution in [3.63, 3.8) is 0 Å². The number of halogens is 1. The molecule has 3 heterocycles. The highest BCUT2D eigenvalue weighted by molar-refractivity contribution is 6.36. The number of carbonyl (C=O) groups excluding carboxylic acids is 2. The standard InChI is InChI=1S/C22H23ClN2O6/c1-10-7-12-15(18(25(2)24-12)11-5-6-30-9-11)20(26)22(10)21(27)16-13(28-3)8-14(29-4)17(23)19(16)31-22/h8,10-11H,5-7,9H2,1-4H3/t10-,11+,22+/m1/s1. The SMILES string of the molecule is COc1cc(OC)c2c(c1Cl)O[C@]1(C2=O)C(=O)c2c(nn(C)c2[C@H]2CCOC2)C[C@H]1C. The van der Waals surface area contributed by atoms with E-state index in [4.69, 9.17) is 30.5 Å². The molecule has 2 aromatic rings. The highest BCUT2D eigenvalue weighted by Crippen LogP contribution is 2.54. The second kappa shape index (κ2) is 6.97. The predicted molar refractivity (Wildman–Crippen MR) is 111 cm³/mol. The van der Waals surface area contributed by atoms with Gasteiger partial charge in [-0.15, -0.1) is 0 Å². The maximum absolute atomic E-state index is 14.0. The minimum absolute atomic E-state index is 0.0488. The maximum atomic E-state index is 14.0. The Morgan fingerprint density at radius 2 is 1.90 bits per heavy atom. The van der Waals surface area contributed by atoms with Crippen molar-refractivity contribution < 1.29 is 28.5 Å². The number of carbonyl (C=O) groups is 2. The van der Waals surface area contributed by atoms with Gasteiger partial charge in [0.2, 0.25) is 17.2 Å². The van der Waals surface area contributed by atoms with Gasteiger partial charge in [0.15, 0.2) is 5.75 Å². The Bertz CT molecular complexity index is 1120. The lowest BCUT2D eigenvalue weighted by Gasteiger charge is -2.35. The van der Waals surface area contributed by atoms with Gasteiger partial charge in [0, 0.05) is 31.6 Å². The van der Waals surface area contributed by atoms with Crippen LogP contribution >= 0.6 is 11.6 Å². The average Bonchev–Trinajstić information content (AvgIpc) is 3.45. The Morgan fingerprint density at radius 1 is 1.19 bits per heavy atom. The van der Waals surface area contributed by atoms with Crippen molar-refractivity contribution in [2.75, 3.05) is 27.4 Å². The van der Waals surface area contributed by atoms with Crippen molar-refractivity contribution >= 4 is 23.2 Å². The number of aromatic nitrogens is 2. The molecule has 31 heavy (non-hydrogen) atoms. The smallest absolute Gasteiger partial charge is 0.237 e. The molecule has 2 aliphatic heterocycles. The number of aryl methyl sites for hydroxylation is 1. The van der Waals surface area contributed by atoms with E-state index >= 15 is 0 Å². The van der Waals surface area contributed by atoms with E-state index < -0.39 is 17.3 Å². The van der Waals surface area contributed by atoms with Crippen LogP contribution in [0.2, 0.25) is 5.02 Å². The molecule has 5 rings (SSSR count). The fourth-order valence-corrected chi connectivity index (χ4v) is 5.39. The molecule has 1 aromatic heterocycles. The monoisotopic (exact) mass is 446 g/mol. The zero-order valence-electron chi connectivity index (χ0n) is 17.8. The lowest BCUT2D eigenvalue weighted by atomic mass is 9.70. The van der Waals surface area contributed by atoms with Gasteiger partial charge in [0.25, 0.3) is 0 Å². The summed E-state index contributed by atoms with van der Waals surface area (Å²) in [5.41, 5.74) is 0.420. The largest absolute Gasteiger partial charge is 0.496 e. The lowest BCUT2D eigenvalue weighted by molar-refractivity contribution is 0.0257. The number of ketones is 2. The van der Waals surface area contributed by atoms with Gasteiger partial charge >= 0.3 is 0 Å². The second-order valence-corrected chi connectivity index (χ2v) is 8.67. The third-order valence-electron chi connectivity index (χ3n) is 6.66. The summed E-state index contributed by atoms with van der Waals surface area (Å²) in [7, 11) is 4.74. The summed E-state index contributed by atoms with van der Waals surface area (Å²) in [4.78, 5) is 27.8. The molecule has 0 bridgehead atoms. The van der Waals surface area contributed by atoms with Crippen molar-refractivity contribution in [3.05, 3.63) is 33.6 Å². The molecular formula is C22H23ClN2O6. The van der Waals surface area contributed by atoms with Crippen LogP contribution in [-0.4, -0.2) is 54.4 Å². The van der Waals surface area contributed by atoms with Gasteiger partial charge in [-0.05, 0) is 12.8 Å². The number of hydrogen-bond acceptors (Lipinski definition) is 7. The summed E-state index contributed by atoms with van der Waals surface area (Å²) in [6.45, 7) is 2.98. The molecule has 1 fully saturated rings. The summed E-state index contributed by atoms with van der Waals surface area (Å²) in [5, 5.41) is 4.75. The summed E-state index contributed by atoms with van der Waals surface area (Å²) < 4.78 is 24.2. The summed E-state index contributed by atoms with van der Waals surface area (Å²) in [6.07, 6.45) is 1.23. The van der Waals surface area contributed by atoms with E-state index in [2.05, 4.69) is 5.10 Å². The van der Waals surface area contributed by atoms with Crippen molar-refractivity contribution in [1.82, 2.24) is 9.78 Å². The van der Waals surface area contributed by atoms with Crippen molar-refractivity contribution in [2.24, 2.45) is 13.0 Å². The van der Waals surface area contributed by atoms with Crippen molar-refractivity contribution in [1.29, 1.82) is 0 Å². The molecule has 0 N–H and O–H groups in total. The zero-order chi connectivity index (χ0) is 22.1. The first-order valence-corrected chi connectivity index (χ1v) is 10.6. The van der Waals surface area contributed by atoms with Crippen LogP contribution in [-0.2, 0) is 18.2 Å². The fourth-order valence-electron chi connectivity index (χ4n) is 5.12. The van der Waals surface area contributed by atoms with Crippen LogP contribution in [0.5, 0.6) is 17.2 Å². The Hall–Kier alpha value is -2.58. The molecule has 0 amide bonds. The predicted octanol–water partition coefficient (Wildman–Crippen LogP) is 2.98. The first-order chi connectivity index (χ1) is 14.8. The van der Waals surface area contributed by atoms with Crippen LogP contribution in [0.3, 0.4) is 0 Å². The fraction of sp³-hybridized carbons (Fsp3) is 0.500. The molecule has 9 heteroatoms. The molecule has 8 nitrogen and oxygen atoms in total. The first-order valence-electron chi connectivity index (χ1n) is 10.2. The van der Waals surface area contributed by atoms with Crippen LogP contribution in [0, 0.1) is 5.92 Å². The van der Waals surface area contributed by atoms with Crippen molar-refractivity contribution in [3.8, 4) is 17.2 Å². The number of rotatable bonds is 3. The van der Waals surface area contributed by atoms with Crippen LogP contribution < -0.4 is 14.2 Å². The highest BCUT2D eigenvalue weighted by Gasteiger charge is 2.63. The number of Topliss-reactive ketones (excluding diaryl/α,β-unsaturated/α-hetero) is 2. The average molecular weight is 447 g/mol. The Balaban J connectivity index is 1.69. The van der Waals surface area contributed by atoms with Gasteiger partial charge in [-0.1, -0.05) is 18.5 Å². The van der Waals surface area contributed by atoms with Crippen LogP contribution in [0.25, 0.3) is 0 Å². The molecule has 1 saturated heterocycles. The van der Waals surface area contributed by atoms with Gasteiger partial charge in [0.05, 0.1) is 37.8 Å². The summed E-state index contributed by atoms with van der Waals surface area (Å²) >= 11 is 6.48. The van der Waals surface area contributed by atoms with Gasteiger partial charge in [-0.25, -0.2) is 0 Å². The highest BCUT2D eigenvalue weighted by atomic mass is 35.5. The lowest BCUT2D eigenvalue weighted by Crippen LogP contribution is -2.56. The van der Waals surface area contributed by atoms with E-state index in [9.17, 15) is 9.59 Å². The zero-order valence-corrected chi connectivity index (χ0v) is 18.5. The first kappa shape index (κ1) is 20.3. The van der Waals surface area contributed by atoms with Gasteiger partial charge in [0.1, 0.15) is 22.1 Å². The van der Waals surface area contributed by atoms with Gasteiger partial charge < -0.3 is 18.9 Å². The molecular weight excluding hydrogens is 424 g/mol. The molecule has 3 aliphatic rings. The molecule has 1 aromatic carbocycles. The van der Waals surface area contributed by atoms with Crippen LogP contribution in [0.1, 0.15) is 51.4 Å². The minimum atomic E-state index is -1.71. The summed E-state index contributed by atoms with van der Waals surface area (Å²) in [6, 6.07) is 1.54. The Labute approximate surface area is 184 Å². The van der Waals surface area contributed by atoms with E-state index in [1.54, 1.807) is 4.68 Å². The molecule has 0 saturated carbocycles. The molecule has 1 aliphatic carbocycles. The van der Waals surface area contributed by atoms with Crippen LogP contribution in [0.15, 0.2) is 6.07 Å². The van der Waals surface area contributed by atoms with E-state index in [1.165, 1.54) is 20.3 Å². The van der Waals surface area contributed by atoms with E-state index in [-0.39, 0.29) is 33.8 Å². The number of benzene rings is 1. The third kappa shape index (κ3) is 2.55. The van der Waals surface area contributed by atoms with Crippen molar-refractivity contribution in [2.45, 2.75) is 31.3 Å². The maximum Gasteiger partial charge on any atom is 0.237 e. The number of hydrogen-bond donors (Lipinski definition) is 0. The van der Waals surface area contributed by atoms with Gasteiger partial charge in [-0.2, -0.15) is 5.10 Å². The topological polar surface area (TPSA) is 88.9 Å². The minimum Gasteiger partial charge on any atom is -0.496 e. The Morgan fingerprint density at radius 3 is 2.55 bits per heavy atom. The van der Waals surface area contributed by atoms with E-state index in [1.807, 2.05) is 14.0 Å². The number of methoxy groups -OCH3 is 2. The van der Waals surface area contributed by atoms with E-state index in [0.29, 0.717) is 36.6 Å². The van der Waals surface area contributed by atoms with E-state index in [0.717, 1.165) is 12.1 Å². The third-order valence-corrected chi connectivity index (χ3v) is 7.01. The number of fused-ring (bicyclic) bond motifs is 2. The quantitative estimate of drug-likeness (QED) is 0.669. The molecule has 0 unspecified atom stereocenters. The molecule has 0 radical (unpaired) electrons. The van der Waals surface area contributed by atoms with Crippen LogP contribution in [0.4, 0.5) is 0 Å². The normalized spacial score (nSPS) is 26.7. The molecule has 1 spiro atoms. The number of ether oxygens (including phenoxy) is 4. The number of nitrogens with zero attached hydrogens (tertiary/aromatic N) is 2. The Kier molecular flexibility index (Phi) is 4.57.